The van der Waals surface area contributed by atoms with Gasteiger partial charge in [-0.15, -0.1) is 0 Å². The van der Waals surface area contributed by atoms with Gasteiger partial charge in [0, 0.05) is 31.0 Å². The first-order valence-corrected chi connectivity index (χ1v) is 8.28. The van der Waals surface area contributed by atoms with E-state index >= 15 is 0 Å². The normalized spacial score (nSPS) is 24.2. The maximum absolute atomic E-state index is 11.9. The summed E-state index contributed by atoms with van der Waals surface area (Å²) in [6.45, 7) is 9.80. The van der Waals surface area contributed by atoms with Crippen molar-refractivity contribution in [2.45, 2.75) is 64.5 Å². The van der Waals surface area contributed by atoms with Crippen LogP contribution in [0.2, 0.25) is 0 Å². The SMILES string of the molecule is CC(C)(C)c1nc(CN2CCC[C@@H](N3CCCC3=O)C2)no1. The van der Waals surface area contributed by atoms with Crippen molar-refractivity contribution in [3.05, 3.63) is 11.7 Å². The lowest BCUT2D eigenvalue weighted by molar-refractivity contribution is -0.130. The number of nitrogens with zero attached hydrogens (tertiary/aromatic N) is 4. The van der Waals surface area contributed by atoms with E-state index in [-0.39, 0.29) is 5.41 Å². The van der Waals surface area contributed by atoms with Crippen LogP contribution in [0.5, 0.6) is 0 Å². The molecule has 1 amide bonds. The van der Waals surface area contributed by atoms with E-state index in [1.807, 2.05) is 0 Å². The van der Waals surface area contributed by atoms with E-state index in [0.717, 1.165) is 51.1 Å². The minimum Gasteiger partial charge on any atom is -0.339 e. The van der Waals surface area contributed by atoms with Gasteiger partial charge in [-0.1, -0.05) is 25.9 Å². The van der Waals surface area contributed by atoms with Crippen molar-refractivity contribution in [2.75, 3.05) is 19.6 Å². The van der Waals surface area contributed by atoms with Gasteiger partial charge < -0.3 is 9.42 Å². The van der Waals surface area contributed by atoms with Gasteiger partial charge in [-0.25, -0.2) is 0 Å². The van der Waals surface area contributed by atoms with E-state index in [9.17, 15) is 4.79 Å². The highest BCUT2D eigenvalue weighted by atomic mass is 16.5. The average molecular weight is 306 g/mol. The molecule has 22 heavy (non-hydrogen) atoms. The van der Waals surface area contributed by atoms with Crippen LogP contribution >= 0.6 is 0 Å². The predicted octanol–water partition coefficient (Wildman–Crippen LogP) is 1.95. The molecule has 0 aliphatic carbocycles. The van der Waals surface area contributed by atoms with Crippen molar-refractivity contribution >= 4 is 5.91 Å². The van der Waals surface area contributed by atoms with Gasteiger partial charge in [0.2, 0.25) is 11.8 Å². The number of piperidine rings is 1. The number of aromatic nitrogens is 2. The molecule has 6 heteroatoms. The fourth-order valence-electron chi connectivity index (χ4n) is 3.31. The highest BCUT2D eigenvalue weighted by Gasteiger charge is 2.32. The Morgan fingerprint density at radius 3 is 2.73 bits per heavy atom. The standard InChI is InChI=1S/C16H26N4O2/c1-16(2,3)15-17-13(18-22-15)11-19-8-4-6-12(10-19)20-9-5-7-14(20)21/h12H,4-11H2,1-3H3/t12-/m1/s1. The summed E-state index contributed by atoms with van der Waals surface area (Å²) in [5.41, 5.74) is -0.113. The lowest BCUT2D eigenvalue weighted by atomic mass is 9.97. The molecule has 3 rings (SSSR count). The Kier molecular flexibility index (Phi) is 4.21. The van der Waals surface area contributed by atoms with Gasteiger partial charge in [0.15, 0.2) is 5.82 Å². The van der Waals surface area contributed by atoms with Crippen LogP contribution in [0.15, 0.2) is 4.52 Å². The third-order valence-electron chi connectivity index (χ3n) is 4.51. The quantitative estimate of drug-likeness (QED) is 0.854. The molecule has 1 aromatic rings. The van der Waals surface area contributed by atoms with Gasteiger partial charge in [0.05, 0.1) is 6.54 Å². The molecule has 0 aromatic carbocycles. The molecule has 3 heterocycles. The Balaban J connectivity index is 1.60. The Morgan fingerprint density at radius 2 is 2.09 bits per heavy atom. The Bertz CT molecular complexity index is 534. The molecule has 2 saturated heterocycles. The molecular formula is C16H26N4O2. The van der Waals surface area contributed by atoms with Gasteiger partial charge >= 0.3 is 0 Å². The third-order valence-corrected chi connectivity index (χ3v) is 4.51. The van der Waals surface area contributed by atoms with Crippen molar-refractivity contribution in [1.82, 2.24) is 19.9 Å². The Labute approximate surface area is 131 Å². The summed E-state index contributed by atoms with van der Waals surface area (Å²) >= 11 is 0. The van der Waals surface area contributed by atoms with Crippen molar-refractivity contribution < 1.29 is 9.32 Å². The van der Waals surface area contributed by atoms with E-state index in [2.05, 4.69) is 40.7 Å². The summed E-state index contributed by atoms with van der Waals surface area (Å²) in [6, 6.07) is 0.359. The van der Waals surface area contributed by atoms with Gasteiger partial charge in [-0.05, 0) is 25.8 Å². The van der Waals surface area contributed by atoms with Gasteiger partial charge in [-0.2, -0.15) is 4.98 Å². The molecule has 0 bridgehead atoms. The van der Waals surface area contributed by atoms with Crippen LogP contribution < -0.4 is 0 Å². The topological polar surface area (TPSA) is 62.5 Å². The first-order valence-electron chi connectivity index (χ1n) is 8.28. The van der Waals surface area contributed by atoms with Gasteiger partial charge in [0.25, 0.3) is 0 Å². The molecular weight excluding hydrogens is 280 g/mol. The molecule has 0 N–H and O–H groups in total. The van der Waals surface area contributed by atoms with Crippen LogP contribution in [0.4, 0.5) is 0 Å². The molecule has 0 unspecified atom stereocenters. The van der Waals surface area contributed by atoms with E-state index in [0.29, 0.717) is 24.4 Å². The molecule has 122 valence electrons. The molecule has 1 atom stereocenters. The van der Waals surface area contributed by atoms with Crippen LogP contribution in [-0.2, 0) is 16.8 Å². The highest BCUT2D eigenvalue weighted by Crippen LogP contribution is 2.23. The van der Waals surface area contributed by atoms with E-state index < -0.39 is 0 Å². The second-order valence-electron chi connectivity index (χ2n) is 7.49. The third kappa shape index (κ3) is 3.32. The number of hydrogen-bond acceptors (Lipinski definition) is 5. The minimum absolute atomic E-state index is 0.113. The summed E-state index contributed by atoms with van der Waals surface area (Å²) in [5, 5.41) is 4.11. The van der Waals surface area contributed by atoms with Crippen molar-refractivity contribution in [1.29, 1.82) is 0 Å². The summed E-state index contributed by atoms with van der Waals surface area (Å²) in [6.07, 6.45) is 3.96. The monoisotopic (exact) mass is 306 g/mol. The van der Waals surface area contributed by atoms with E-state index in [1.165, 1.54) is 0 Å². The second kappa shape index (κ2) is 5.99. The minimum atomic E-state index is -0.113. The van der Waals surface area contributed by atoms with Crippen molar-refractivity contribution in [2.24, 2.45) is 0 Å². The molecule has 2 aliphatic rings. The maximum Gasteiger partial charge on any atom is 0.232 e. The van der Waals surface area contributed by atoms with Crippen LogP contribution in [-0.4, -0.2) is 51.5 Å². The van der Waals surface area contributed by atoms with E-state index in [4.69, 9.17) is 4.52 Å². The molecule has 0 saturated carbocycles. The summed E-state index contributed by atoms with van der Waals surface area (Å²) in [4.78, 5) is 20.8. The number of likely N-dealkylation sites (tertiary alicyclic amines) is 2. The fourth-order valence-corrected chi connectivity index (χ4v) is 3.31. The Hall–Kier alpha value is -1.43. The molecule has 0 radical (unpaired) electrons. The van der Waals surface area contributed by atoms with E-state index in [1.54, 1.807) is 0 Å². The zero-order valence-corrected chi connectivity index (χ0v) is 13.8. The first-order chi connectivity index (χ1) is 10.4. The number of hydrogen-bond donors (Lipinski definition) is 0. The van der Waals surface area contributed by atoms with Crippen LogP contribution in [0.3, 0.4) is 0 Å². The fraction of sp³-hybridized carbons (Fsp3) is 0.812. The number of amides is 1. The van der Waals surface area contributed by atoms with Gasteiger partial charge in [-0.3, -0.25) is 9.69 Å². The zero-order valence-electron chi connectivity index (χ0n) is 13.8. The number of carbonyl (C=O) groups excluding carboxylic acids is 1. The van der Waals surface area contributed by atoms with Crippen LogP contribution in [0.1, 0.15) is 58.2 Å². The molecule has 6 nitrogen and oxygen atoms in total. The smallest absolute Gasteiger partial charge is 0.232 e. The maximum atomic E-state index is 11.9. The summed E-state index contributed by atoms with van der Waals surface area (Å²) in [5.74, 6) is 1.76. The number of carbonyl (C=O) groups is 1. The first kappa shape index (κ1) is 15.5. The second-order valence-corrected chi connectivity index (χ2v) is 7.49. The molecule has 0 spiro atoms. The molecule has 1 aromatic heterocycles. The molecule has 2 fully saturated rings. The van der Waals surface area contributed by atoms with Crippen molar-refractivity contribution in [3.63, 3.8) is 0 Å². The van der Waals surface area contributed by atoms with Crippen LogP contribution in [0.25, 0.3) is 0 Å². The lowest BCUT2D eigenvalue weighted by Gasteiger charge is -2.37. The number of rotatable bonds is 3. The zero-order chi connectivity index (χ0) is 15.7. The lowest BCUT2D eigenvalue weighted by Crippen LogP contribution is -2.48. The molecule has 2 aliphatic heterocycles. The Morgan fingerprint density at radius 1 is 1.27 bits per heavy atom. The summed E-state index contributed by atoms with van der Waals surface area (Å²) < 4.78 is 5.36. The van der Waals surface area contributed by atoms with Gasteiger partial charge in [0.1, 0.15) is 0 Å². The summed E-state index contributed by atoms with van der Waals surface area (Å²) in [7, 11) is 0. The highest BCUT2D eigenvalue weighted by molar-refractivity contribution is 5.78. The van der Waals surface area contributed by atoms with Crippen LogP contribution in [0, 0.1) is 0 Å². The largest absolute Gasteiger partial charge is 0.339 e. The average Bonchev–Trinajstić information content (AvgIpc) is 3.07. The predicted molar refractivity (Wildman–Crippen MR) is 82.2 cm³/mol. The van der Waals surface area contributed by atoms with Crippen molar-refractivity contribution in [3.8, 4) is 0 Å².